The third-order valence-electron chi connectivity index (χ3n) is 2.80. The smallest absolute Gasteiger partial charge is 0.242 e. The van der Waals surface area contributed by atoms with Gasteiger partial charge in [0.05, 0.1) is 22.0 Å². The minimum Gasteiger partial charge on any atom is -0.397 e. The fraction of sp³-hybridized carbons (Fsp3) is 0.455. The Morgan fingerprint density at radius 1 is 1.19 bits per heavy atom. The monoisotopic (exact) mass is 336 g/mol. The molecule has 0 heterocycles. The number of hydrogen-bond acceptors (Lipinski definition) is 6. The molecule has 0 amide bonds. The summed E-state index contributed by atoms with van der Waals surface area (Å²) < 4.78 is 49.7. The minimum atomic E-state index is -3.54. The molecule has 1 rings (SSSR count). The van der Waals surface area contributed by atoms with E-state index in [4.69, 9.17) is 5.73 Å². The van der Waals surface area contributed by atoms with E-state index in [2.05, 4.69) is 10.0 Å². The van der Waals surface area contributed by atoms with Gasteiger partial charge in [0.1, 0.15) is 0 Å². The lowest BCUT2D eigenvalue weighted by atomic mass is 10.2. The van der Waals surface area contributed by atoms with Gasteiger partial charge in [-0.15, -0.1) is 0 Å². The van der Waals surface area contributed by atoms with Crippen LogP contribution in [-0.4, -0.2) is 54.6 Å². The Kier molecular flexibility index (Phi) is 5.56. The number of benzene rings is 1. The lowest BCUT2D eigenvalue weighted by Crippen LogP contribution is -2.26. The summed E-state index contributed by atoms with van der Waals surface area (Å²) in [4.78, 5) is 0.0818. The van der Waals surface area contributed by atoms with Crippen LogP contribution in [0.15, 0.2) is 23.1 Å². The first kappa shape index (κ1) is 17.7. The standard InChI is InChI=1S/C11H20N4O4S2/c1-13-20(16,17)7-6-14-11-5-4-9(8-10(11)12)21(18,19)15(2)3/h4-5,8,13-14H,6-7,12H2,1-3H3. The van der Waals surface area contributed by atoms with Crippen molar-refractivity contribution in [2.24, 2.45) is 0 Å². The van der Waals surface area contributed by atoms with E-state index in [0.29, 0.717) is 5.69 Å². The fourth-order valence-corrected chi connectivity index (χ4v) is 3.01. The molecule has 8 nitrogen and oxygen atoms in total. The predicted octanol–water partition coefficient (Wildman–Crippen LogP) is -0.520. The maximum Gasteiger partial charge on any atom is 0.242 e. The van der Waals surface area contributed by atoms with Crippen molar-refractivity contribution in [2.75, 3.05) is 44.5 Å². The molecule has 0 aliphatic rings. The predicted molar refractivity (Wildman–Crippen MR) is 83.1 cm³/mol. The molecule has 10 heteroatoms. The highest BCUT2D eigenvalue weighted by Gasteiger charge is 2.18. The Labute approximate surface area is 125 Å². The van der Waals surface area contributed by atoms with Crippen LogP contribution in [-0.2, 0) is 20.0 Å². The highest BCUT2D eigenvalue weighted by molar-refractivity contribution is 7.89. The van der Waals surface area contributed by atoms with Gasteiger partial charge in [0.2, 0.25) is 20.0 Å². The number of anilines is 2. The van der Waals surface area contributed by atoms with E-state index in [1.54, 1.807) is 0 Å². The Morgan fingerprint density at radius 3 is 2.29 bits per heavy atom. The van der Waals surface area contributed by atoms with E-state index >= 15 is 0 Å². The second-order valence-electron chi connectivity index (χ2n) is 4.49. The maximum absolute atomic E-state index is 11.9. The minimum absolute atomic E-state index is 0.0818. The lowest BCUT2D eigenvalue weighted by molar-refractivity contribution is 0.521. The molecule has 0 atom stereocenters. The molecule has 0 spiro atoms. The molecule has 120 valence electrons. The number of nitrogens with one attached hydrogen (secondary N) is 2. The van der Waals surface area contributed by atoms with Crippen LogP contribution in [0.4, 0.5) is 11.4 Å². The van der Waals surface area contributed by atoms with Crippen LogP contribution in [0.2, 0.25) is 0 Å². The van der Waals surface area contributed by atoms with Crippen molar-refractivity contribution in [1.29, 1.82) is 0 Å². The van der Waals surface area contributed by atoms with E-state index in [1.807, 2.05) is 0 Å². The topological polar surface area (TPSA) is 122 Å². The first-order chi connectivity index (χ1) is 9.60. The summed E-state index contributed by atoms with van der Waals surface area (Å²) in [6.45, 7) is 0.160. The van der Waals surface area contributed by atoms with Crippen LogP contribution in [0.1, 0.15) is 0 Å². The number of nitrogens with zero attached hydrogens (tertiary/aromatic N) is 1. The van der Waals surface area contributed by atoms with Crippen molar-refractivity contribution in [3.63, 3.8) is 0 Å². The Morgan fingerprint density at radius 2 is 1.81 bits per heavy atom. The highest BCUT2D eigenvalue weighted by atomic mass is 32.2. The molecule has 0 saturated carbocycles. The molecule has 0 aromatic heterocycles. The van der Waals surface area contributed by atoms with Gasteiger partial charge in [0, 0.05) is 20.6 Å². The zero-order valence-electron chi connectivity index (χ0n) is 12.1. The first-order valence-electron chi connectivity index (χ1n) is 6.07. The van der Waals surface area contributed by atoms with Gasteiger partial charge < -0.3 is 11.1 Å². The lowest BCUT2D eigenvalue weighted by Gasteiger charge is -2.14. The molecule has 0 radical (unpaired) electrons. The van der Waals surface area contributed by atoms with Gasteiger partial charge in [0.25, 0.3) is 0 Å². The van der Waals surface area contributed by atoms with Crippen molar-refractivity contribution >= 4 is 31.4 Å². The Bertz CT molecular complexity index is 699. The largest absolute Gasteiger partial charge is 0.397 e. The second-order valence-corrected chi connectivity index (χ2v) is 8.68. The molecular formula is C11H20N4O4S2. The molecule has 0 saturated heterocycles. The van der Waals surface area contributed by atoms with E-state index in [9.17, 15) is 16.8 Å². The summed E-state index contributed by atoms with van der Waals surface area (Å²) in [6, 6.07) is 4.27. The number of nitrogen functional groups attached to an aromatic ring is 1. The van der Waals surface area contributed by atoms with Crippen molar-refractivity contribution in [3.8, 4) is 0 Å². The van der Waals surface area contributed by atoms with E-state index in [1.165, 1.54) is 39.3 Å². The van der Waals surface area contributed by atoms with Gasteiger partial charge in [-0.2, -0.15) is 0 Å². The van der Waals surface area contributed by atoms with Crippen LogP contribution in [0.5, 0.6) is 0 Å². The van der Waals surface area contributed by atoms with Crippen molar-refractivity contribution < 1.29 is 16.8 Å². The van der Waals surface area contributed by atoms with E-state index in [0.717, 1.165) is 4.31 Å². The summed E-state index contributed by atoms with van der Waals surface area (Å²) in [6.07, 6.45) is 0. The van der Waals surface area contributed by atoms with Crippen LogP contribution in [0, 0.1) is 0 Å². The normalized spacial score (nSPS) is 12.6. The van der Waals surface area contributed by atoms with E-state index in [-0.39, 0.29) is 22.9 Å². The average Bonchev–Trinajstić information content (AvgIpc) is 2.40. The van der Waals surface area contributed by atoms with Gasteiger partial charge in [-0.3, -0.25) is 0 Å². The summed E-state index contributed by atoms with van der Waals surface area (Å²) in [7, 11) is -2.65. The van der Waals surface area contributed by atoms with Gasteiger partial charge >= 0.3 is 0 Å². The Hall–Kier alpha value is -1.36. The van der Waals surface area contributed by atoms with Crippen LogP contribution in [0.25, 0.3) is 0 Å². The van der Waals surface area contributed by atoms with Crippen molar-refractivity contribution in [2.45, 2.75) is 4.90 Å². The van der Waals surface area contributed by atoms with Gasteiger partial charge in [0.15, 0.2) is 0 Å². The molecule has 0 unspecified atom stereocenters. The molecule has 1 aromatic carbocycles. The molecule has 0 bridgehead atoms. The fourth-order valence-electron chi connectivity index (χ4n) is 1.50. The summed E-state index contributed by atoms with van der Waals surface area (Å²) >= 11 is 0. The first-order valence-corrected chi connectivity index (χ1v) is 9.16. The molecule has 4 N–H and O–H groups in total. The second kappa shape index (κ2) is 6.60. The number of sulfonamides is 2. The molecule has 1 aromatic rings. The zero-order valence-corrected chi connectivity index (χ0v) is 13.8. The van der Waals surface area contributed by atoms with Crippen molar-refractivity contribution in [1.82, 2.24) is 9.03 Å². The summed E-state index contributed by atoms with van der Waals surface area (Å²) in [5, 5.41) is 2.86. The maximum atomic E-state index is 11.9. The Balaban J connectivity index is 2.85. The number of rotatable bonds is 7. The van der Waals surface area contributed by atoms with Gasteiger partial charge in [-0.1, -0.05) is 0 Å². The van der Waals surface area contributed by atoms with Crippen LogP contribution >= 0.6 is 0 Å². The molecule has 0 aliphatic heterocycles. The molecule has 0 aliphatic carbocycles. The summed E-state index contributed by atoms with van der Waals surface area (Å²) in [5.41, 5.74) is 6.51. The summed E-state index contributed by atoms with van der Waals surface area (Å²) in [5.74, 6) is -0.110. The van der Waals surface area contributed by atoms with Crippen molar-refractivity contribution in [3.05, 3.63) is 18.2 Å². The highest BCUT2D eigenvalue weighted by Crippen LogP contribution is 2.23. The van der Waals surface area contributed by atoms with Gasteiger partial charge in [-0.05, 0) is 25.2 Å². The third kappa shape index (κ3) is 4.56. The molecule has 0 fully saturated rings. The average molecular weight is 336 g/mol. The zero-order chi connectivity index (χ0) is 16.3. The quantitative estimate of drug-likeness (QED) is 0.576. The number of nitrogens with two attached hydrogens (primary N) is 1. The number of hydrogen-bond donors (Lipinski definition) is 3. The molecular weight excluding hydrogens is 316 g/mol. The van der Waals surface area contributed by atoms with Gasteiger partial charge in [-0.25, -0.2) is 25.9 Å². The third-order valence-corrected chi connectivity index (χ3v) is 5.97. The molecule has 21 heavy (non-hydrogen) atoms. The van der Waals surface area contributed by atoms with E-state index < -0.39 is 20.0 Å². The SMILES string of the molecule is CNS(=O)(=O)CCNc1ccc(S(=O)(=O)N(C)C)cc1N. The van der Waals surface area contributed by atoms with Crippen LogP contribution in [0.3, 0.4) is 0 Å². The van der Waals surface area contributed by atoms with Crippen LogP contribution < -0.4 is 15.8 Å².